The zero-order valence-corrected chi connectivity index (χ0v) is 18.0. The monoisotopic (exact) mass is 408 g/mol. The van der Waals surface area contributed by atoms with Gasteiger partial charge in [0.05, 0.1) is 11.3 Å². The standard InChI is InChI=1S/C27H24N2O2/c1-17-8-10-21(11-9-17)24-25(28-13-12-20-6-4-5-7-23(20)28)27(31)29(26(24)30)22-15-18(2)14-19(3)16-22/h4-11,14-16H,12-13H2,1-3H3. The SMILES string of the molecule is Cc1ccc(C2=C(N3CCc4ccccc43)C(=O)N(c3cc(C)cc(C)c3)C2=O)cc1. The van der Waals surface area contributed by atoms with Crippen molar-refractivity contribution >= 4 is 28.8 Å². The second-order valence-electron chi connectivity index (χ2n) is 8.41. The highest BCUT2D eigenvalue weighted by molar-refractivity contribution is 6.46. The molecule has 2 aliphatic rings. The molecule has 31 heavy (non-hydrogen) atoms. The van der Waals surface area contributed by atoms with Crippen molar-refractivity contribution in [3.63, 3.8) is 0 Å². The molecule has 4 nitrogen and oxygen atoms in total. The van der Waals surface area contributed by atoms with Crippen LogP contribution in [0.1, 0.15) is 27.8 Å². The highest BCUT2D eigenvalue weighted by Gasteiger charge is 2.44. The van der Waals surface area contributed by atoms with E-state index in [-0.39, 0.29) is 11.8 Å². The number of carbonyl (C=O) groups excluding carboxylic acids is 2. The van der Waals surface area contributed by atoms with E-state index < -0.39 is 0 Å². The van der Waals surface area contributed by atoms with Crippen molar-refractivity contribution in [3.05, 3.63) is 100 Å². The molecular weight excluding hydrogens is 384 g/mol. The molecule has 0 aliphatic carbocycles. The third-order valence-electron chi connectivity index (χ3n) is 6.02. The van der Waals surface area contributed by atoms with Crippen LogP contribution in [0.25, 0.3) is 5.57 Å². The molecule has 0 saturated carbocycles. The van der Waals surface area contributed by atoms with Crippen LogP contribution >= 0.6 is 0 Å². The van der Waals surface area contributed by atoms with Crippen LogP contribution in [0.5, 0.6) is 0 Å². The van der Waals surface area contributed by atoms with Crippen LogP contribution in [0.15, 0.2) is 72.4 Å². The number of benzene rings is 3. The second-order valence-corrected chi connectivity index (χ2v) is 8.41. The van der Waals surface area contributed by atoms with Gasteiger partial charge in [-0.3, -0.25) is 9.59 Å². The van der Waals surface area contributed by atoms with Crippen molar-refractivity contribution in [1.82, 2.24) is 0 Å². The lowest BCUT2D eigenvalue weighted by Crippen LogP contribution is -2.35. The molecule has 2 heterocycles. The van der Waals surface area contributed by atoms with Gasteiger partial charge in [0.2, 0.25) is 0 Å². The molecule has 0 N–H and O–H groups in total. The largest absolute Gasteiger partial charge is 0.336 e. The van der Waals surface area contributed by atoms with Crippen LogP contribution in [0.4, 0.5) is 11.4 Å². The van der Waals surface area contributed by atoms with E-state index in [2.05, 4.69) is 6.07 Å². The topological polar surface area (TPSA) is 40.6 Å². The van der Waals surface area contributed by atoms with Crippen LogP contribution in [-0.2, 0) is 16.0 Å². The Hall–Kier alpha value is -3.66. The fourth-order valence-corrected chi connectivity index (χ4v) is 4.63. The van der Waals surface area contributed by atoms with Crippen molar-refractivity contribution in [1.29, 1.82) is 0 Å². The van der Waals surface area contributed by atoms with Gasteiger partial charge in [0.25, 0.3) is 11.8 Å². The van der Waals surface area contributed by atoms with Gasteiger partial charge in [0, 0.05) is 12.2 Å². The Morgan fingerprint density at radius 3 is 2.13 bits per heavy atom. The number of hydrogen-bond acceptors (Lipinski definition) is 3. The summed E-state index contributed by atoms with van der Waals surface area (Å²) >= 11 is 0. The molecule has 4 heteroatoms. The smallest absolute Gasteiger partial charge is 0.282 e. The summed E-state index contributed by atoms with van der Waals surface area (Å²) in [4.78, 5) is 30.9. The van der Waals surface area contributed by atoms with Gasteiger partial charge in [-0.25, -0.2) is 4.90 Å². The van der Waals surface area contributed by atoms with E-state index in [0.717, 1.165) is 34.4 Å². The van der Waals surface area contributed by atoms with Crippen LogP contribution < -0.4 is 9.80 Å². The van der Waals surface area contributed by atoms with E-state index in [1.807, 2.05) is 86.3 Å². The summed E-state index contributed by atoms with van der Waals surface area (Å²) in [6, 6.07) is 21.8. The zero-order valence-electron chi connectivity index (χ0n) is 18.0. The maximum Gasteiger partial charge on any atom is 0.282 e. The van der Waals surface area contributed by atoms with Crippen molar-refractivity contribution < 1.29 is 9.59 Å². The molecule has 0 spiro atoms. The third kappa shape index (κ3) is 3.15. The number of fused-ring (bicyclic) bond motifs is 1. The van der Waals surface area contributed by atoms with Crippen molar-refractivity contribution in [2.75, 3.05) is 16.3 Å². The molecule has 0 unspecified atom stereocenters. The van der Waals surface area contributed by atoms with Gasteiger partial charge in [0.1, 0.15) is 5.70 Å². The minimum atomic E-state index is -0.266. The van der Waals surface area contributed by atoms with Crippen molar-refractivity contribution in [3.8, 4) is 0 Å². The maximum atomic E-state index is 13.8. The second kappa shape index (κ2) is 7.24. The number of carbonyl (C=O) groups is 2. The number of hydrogen-bond donors (Lipinski definition) is 0. The van der Waals surface area contributed by atoms with Gasteiger partial charge in [-0.05, 0) is 67.6 Å². The molecule has 0 bridgehead atoms. The lowest BCUT2D eigenvalue weighted by atomic mass is 10.0. The van der Waals surface area contributed by atoms with Crippen LogP contribution in [0.3, 0.4) is 0 Å². The minimum Gasteiger partial charge on any atom is -0.336 e. The molecule has 2 aliphatic heterocycles. The predicted octanol–water partition coefficient (Wildman–Crippen LogP) is 4.96. The van der Waals surface area contributed by atoms with Crippen LogP contribution in [0, 0.1) is 20.8 Å². The summed E-state index contributed by atoms with van der Waals surface area (Å²) in [6.45, 7) is 6.66. The zero-order chi connectivity index (χ0) is 21.7. The molecule has 3 aromatic carbocycles. The molecule has 5 rings (SSSR count). The Morgan fingerprint density at radius 2 is 1.42 bits per heavy atom. The first kappa shape index (κ1) is 19.3. The summed E-state index contributed by atoms with van der Waals surface area (Å²) < 4.78 is 0. The van der Waals surface area contributed by atoms with E-state index in [9.17, 15) is 9.59 Å². The van der Waals surface area contributed by atoms with Crippen molar-refractivity contribution in [2.45, 2.75) is 27.2 Å². The molecule has 0 fully saturated rings. The Bertz CT molecular complexity index is 1230. The first-order valence-electron chi connectivity index (χ1n) is 10.6. The van der Waals surface area contributed by atoms with E-state index in [0.29, 0.717) is 23.5 Å². The van der Waals surface area contributed by atoms with Crippen LogP contribution in [-0.4, -0.2) is 18.4 Å². The number of amides is 2. The highest BCUT2D eigenvalue weighted by Crippen LogP contribution is 2.40. The quantitative estimate of drug-likeness (QED) is 0.575. The first-order chi connectivity index (χ1) is 14.9. The van der Waals surface area contributed by atoms with Gasteiger partial charge in [-0.15, -0.1) is 0 Å². The number of nitrogens with zero attached hydrogens (tertiary/aromatic N) is 2. The minimum absolute atomic E-state index is 0.262. The lowest BCUT2D eigenvalue weighted by molar-refractivity contribution is -0.120. The maximum absolute atomic E-state index is 13.8. The Kier molecular flexibility index (Phi) is 4.51. The van der Waals surface area contributed by atoms with Gasteiger partial charge in [-0.2, -0.15) is 0 Å². The van der Waals surface area contributed by atoms with E-state index in [1.54, 1.807) is 0 Å². The average molecular weight is 409 g/mol. The fourth-order valence-electron chi connectivity index (χ4n) is 4.63. The van der Waals surface area contributed by atoms with Gasteiger partial charge >= 0.3 is 0 Å². The summed E-state index contributed by atoms with van der Waals surface area (Å²) in [6.07, 6.45) is 0.853. The molecular formula is C27H24N2O2. The van der Waals surface area contributed by atoms with Gasteiger partial charge in [0.15, 0.2) is 0 Å². The summed E-state index contributed by atoms with van der Waals surface area (Å²) in [5, 5.41) is 0. The molecule has 0 aromatic heterocycles. The number of anilines is 2. The molecule has 3 aromatic rings. The summed E-state index contributed by atoms with van der Waals surface area (Å²) in [5.41, 5.74) is 7.70. The molecule has 0 radical (unpaired) electrons. The van der Waals surface area contributed by atoms with E-state index >= 15 is 0 Å². The predicted molar refractivity (Wildman–Crippen MR) is 124 cm³/mol. The highest BCUT2D eigenvalue weighted by atomic mass is 16.2. The van der Waals surface area contributed by atoms with Crippen LogP contribution in [0.2, 0.25) is 0 Å². The average Bonchev–Trinajstić information content (AvgIpc) is 3.26. The normalized spacial score (nSPS) is 15.8. The van der Waals surface area contributed by atoms with Gasteiger partial charge in [-0.1, -0.05) is 54.1 Å². The molecule has 154 valence electrons. The number of rotatable bonds is 3. The van der Waals surface area contributed by atoms with Gasteiger partial charge < -0.3 is 4.90 Å². The summed E-state index contributed by atoms with van der Waals surface area (Å²) in [5.74, 6) is -0.527. The summed E-state index contributed by atoms with van der Waals surface area (Å²) in [7, 11) is 0. The number of para-hydroxylation sites is 1. The number of imide groups is 1. The molecule has 0 atom stereocenters. The molecule has 2 amide bonds. The first-order valence-corrected chi connectivity index (χ1v) is 10.6. The Morgan fingerprint density at radius 1 is 0.742 bits per heavy atom. The number of aryl methyl sites for hydroxylation is 3. The fraction of sp³-hybridized carbons (Fsp3) is 0.185. The Labute approximate surface area is 182 Å². The third-order valence-corrected chi connectivity index (χ3v) is 6.02. The molecule has 0 saturated heterocycles. The van der Waals surface area contributed by atoms with E-state index in [1.165, 1.54) is 10.5 Å². The Balaban J connectivity index is 1.69. The van der Waals surface area contributed by atoms with Crippen molar-refractivity contribution in [2.24, 2.45) is 0 Å². The lowest BCUT2D eigenvalue weighted by Gasteiger charge is -2.22. The van der Waals surface area contributed by atoms with E-state index in [4.69, 9.17) is 0 Å².